The van der Waals surface area contributed by atoms with Crippen LogP contribution in [0.1, 0.15) is 24.1 Å². The lowest BCUT2D eigenvalue weighted by atomic mass is 10.0. The van der Waals surface area contributed by atoms with E-state index in [1.54, 1.807) is 19.1 Å². The first kappa shape index (κ1) is 10.2. The third-order valence-corrected chi connectivity index (χ3v) is 2.13. The van der Waals surface area contributed by atoms with Crippen molar-refractivity contribution in [3.63, 3.8) is 0 Å². The van der Waals surface area contributed by atoms with E-state index in [1.165, 1.54) is 6.07 Å². The maximum absolute atomic E-state index is 12.9. The molecule has 1 aromatic rings. The van der Waals surface area contributed by atoms with E-state index in [2.05, 4.69) is 0 Å². The second-order valence-corrected chi connectivity index (χ2v) is 3.39. The first-order valence-electron chi connectivity index (χ1n) is 4.29. The van der Waals surface area contributed by atoms with Gasteiger partial charge >= 0.3 is 0 Å². The zero-order valence-electron chi connectivity index (χ0n) is 7.92. The van der Waals surface area contributed by atoms with Crippen molar-refractivity contribution >= 4 is 0 Å². The van der Waals surface area contributed by atoms with Gasteiger partial charge in [0.1, 0.15) is 5.82 Å². The molecule has 4 N–H and O–H groups in total. The fourth-order valence-electron chi connectivity index (χ4n) is 1.18. The lowest BCUT2D eigenvalue weighted by molar-refractivity contribution is 0.581. The van der Waals surface area contributed by atoms with E-state index >= 15 is 0 Å². The molecule has 72 valence electrons. The highest BCUT2D eigenvalue weighted by atomic mass is 19.1. The van der Waals surface area contributed by atoms with Crippen LogP contribution in [0.2, 0.25) is 0 Å². The molecule has 0 fully saturated rings. The standard InChI is InChI=1S/C10H15FN2/c1-6-5-8(3-4-9(6)11)10(13)7(2)12/h3-5,7,10H,12-13H2,1-2H3. The predicted octanol–water partition coefficient (Wildman–Crippen LogP) is 1.48. The van der Waals surface area contributed by atoms with Crippen molar-refractivity contribution in [2.45, 2.75) is 25.9 Å². The highest BCUT2D eigenvalue weighted by Crippen LogP contribution is 2.16. The third-order valence-electron chi connectivity index (χ3n) is 2.13. The molecule has 0 spiro atoms. The van der Waals surface area contributed by atoms with Gasteiger partial charge in [-0.1, -0.05) is 12.1 Å². The molecule has 0 amide bonds. The summed E-state index contributed by atoms with van der Waals surface area (Å²) in [5, 5.41) is 0. The maximum atomic E-state index is 12.9. The van der Waals surface area contributed by atoms with E-state index in [1.807, 2.05) is 6.92 Å². The fourth-order valence-corrected chi connectivity index (χ4v) is 1.18. The average molecular weight is 182 g/mol. The van der Waals surface area contributed by atoms with Gasteiger partial charge in [0.25, 0.3) is 0 Å². The molecule has 0 aliphatic carbocycles. The lowest BCUT2D eigenvalue weighted by Crippen LogP contribution is -2.31. The van der Waals surface area contributed by atoms with Crippen molar-refractivity contribution in [3.05, 3.63) is 35.1 Å². The van der Waals surface area contributed by atoms with Crippen LogP contribution in [0.3, 0.4) is 0 Å². The molecule has 2 atom stereocenters. The highest BCUT2D eigenvalue weighted by molar-refractivity contribution is 5.27. The summed E-state index contributed by atoms with van der Waals surface area (Å²) in [5.41, 5.74) is 12.9. The highest BCUT2D eigenvalue weighted by Gasteiger charge is 2.11. The summed E-state index contributed by atoms with van der Waals surface area (Å²) in [4.78, 5) is 0. The topological polar surface area (TPSA) is 52.0 Å². The zero-order chi connectivity index (χ0) is 10.0. The summed E-state index contributed by atoms with van der Waals surface area (Å²) in [6.45, 7) is 3.55. The summed E-state index contributed by atoms with van der Waals surface area (Å²) in [7, 11) is 0. The molecule has 0 radical (unpaired) electrons. The maximum Gasteiger partial charge on any atom is 0.126 e. The van der Waals surface area contributed by atoms with Crippen molar-refractivity contribution in [2.24, 2.45) is 11.5 Å². The Labute approximate surface area is 77.7 Å². The Balaban J connectivity index is 2.97. The predicted molar refractivity (Wildman–Crippen MR) is 51.7 cm³/mol. The van der Waals surface area contributed by atoms with Gasteiger partial charge in [0.05, 0.1) is 0 Å². The lowest BCUT2D eigenvalue weighted by Gasteiger charge is -2.16. The largest absolute Gasteiger partial charge is 0.326 e. The normalized spacial score (nSPS) is 15.5. The first-order chi connectivity index (χ1) is 6.02. The van der Waals surface area contributed by atoms with Gasteiger partial charge in [-0.15, -0.1) is 0 Å². The minimum absolute atomic E-state index is 0.120. The molecule has 2 nitrogen and oxygen atoms in total. The quantitative estimate of drug-likeness (QED) is 0.728. The second kappa shape index (κ2) is 3.85. The van der Waals surface area contributed by atoms with E-state index in [0.29, 0.717) is 5.56 Å². The van der Waals surface area contributed by atoms with Gasteiger partial charge in [-0.3, -0.25) is 0 Å². The number of nitrogens with two attached hydrogens (primary N) is 2. The molecule has 3 heteroatoms. The van der Waals surface area contributed by atoms with E-state index in [4.69, 9.17) is 11.5 Å². The second-order valence-electron chi connectivity index (χ2n) is 3.39. The molecule has 13 heavy (non-hydrogen) atoms. The number of benzene rings is 1. The third kappa shape index (κ3) is 2.26. The van der Waals surface area contributed by atoms with Gasteiger partial charge in [-0.2, -0.15) is 0 Å². The Kier molecular flexibility index (Phi) is 3.01. The number of hydrogen-bond acceptors (Lipinski definition) is 2. The van der Waals surface area contributed by atoms with Crippen LogP contribution in [0.5, 0.6) is 0 Å². The molecule has 0 saturated carbocycles. The van der Waals surface area contributed by atoms with Crippen molar-refractivity contribution in [3.8, 4) is 0 Å². The van der Waals surface area contributed by atoms with Crippen LogP contribution in [0.4, 0.5) is 4.39 Å². The van der Waals surface area contributed by atoms with Gasteiger partial charge in [0.2, 0.25) is 0 Å². The van der Waals surface area contributed by atoms with Crippen LogP contribution >= 0.6 is 0 Å². The van der Waals surface area contributed by atoms with Crippen molar-refractivity contribution in [1.29, 1.82) is 0 Å². The van der Waals surface area contributed by atoms with Gasteiger partial charge in [-0.25, -0.2) is 4.39 Å². The smallest absolute Gasteiger partial charge is 0.126 e. The Morgan fingerprint density at radius 1 is 1.31 bits per heavy atom. The molecule has 0 aliphatic rings. The number of halogens is 1. The monoisotopic (exact) mass is 182 g/mol. The van der Waals surface area contributed by atoms with E-state index in [-0.39, 0.29) is 17.9 Å². The average Bonchev–Trinajstić information content (AvgIpc) is 2.08. The molecule has 0 heterocycles. The Hall–Kier alpha value is -0.930. The minimum atomic E-state index is -0.223. The van der Waals surface area contributed by atoms with Crippen molar-refractivity contribution in [1.82, 2.24) is 0 Å². The van der Waals surface area contributed by atoms with Gasteiger partial charge < -0.3 is 11.5 Å². The molecule has 1 aromatic carbocycles. The SMILES string of the molecule is Cc1cc(C(N)C(C)N)ccc1F. The summed E-state index contributed by atoms with van der Waals surface area (Å²) in [6.07, 6.45) is 0. The minimum Gasteiger partial charge on any atom is -0.326 e. The number of rotatable bonds is 2. The number of hydrogen-bond donors (Lipinski definition) is 2. The summed E-state index contributed by atoms with van der Waals surface area (Å²) in [5.74, 6) is -0.208. The number of aryl methyl sites for hydroxylation is 1. The first-order valence-corrected chi connectivity index (χ1v) is 4.29. The van der Waals surface area contributed by atoms with Crippen LogP contribution in [0.15, 0.2) is 18.2 Å². The fraction of sp³-hybridized carbons (Fsp3) is 0.400. The molecule has 1 rings (SSSR count). The van der Waals surface area contributed by atoms with Gasteiger partial charge in [-0.05, 0) is 31.0 Å². The molecular weight excluding hydrogens is 167 g/mol. The Morgan fingerprint density at radius 2 is 1.92 bits per heavy atom. The van der Waals surface area contributed by atoms with E-state index < -0.39 is 0 Å². The Morgan fingerprint density at radius 3 is 2.38 bits per heavy atom. The van der Waals surface area contributed by atoms with Crippen LogP contribution in [-0.2, 0) is 0 Å². The van der Waals surface area contributed by atoms with Crippen molar-refractivity contribution < 1.29 is 4.39 Å². The zero-order valence-corrected chi connectivity index (χ0v) is 7.92. The molecule has 0 saturated heterocycles. The summed E-state index contributed by atoms with van der Waals surface area (Å²) >= 11 is 0. The summed E-state index contributed by atoms with van der Waals surface area (Å²) < 4.78 is 12.9. The van der Waals surface area contributed by atoms with Crippen LogP contribution < -0.4 is 11.5 Å². The van der Waals surface area contributed by atoms with E-state index in [0.717, 1.165) is 5.56 Å². The van der Waals surface area contributed by atoms with Crippen LogP contribution in [0, 0.1) is 12.7 Å². The van der Waals surface area contributed by atoms with Gasteiger partial charge in [0, 0.05) is 12.1 Å². The van der Waals surface area contributed by atoms with Crippen molar-refractivity contribution in [2.75, 3.05) is 0 Å². The molecule has 0 bridgehead atoms. The molecule has 0 aliphatic heterocycles. The summed E-state index contributed by atoms with van der Waals surface area (Å²) in [6, 6.07) is 4.50. The van der Waals surface area contributed by atoms with Crippen LogP contribution in [-0.4, -0.2) is 6.04 Å². The Bertz CT molecular complexity index is 297. The molecular formula is C10H15FN2. The molecule has 2 unspecified atom stereocenters. The van der Waals surface area contributed by atoms with E-state index in [9.17, 15) is 4.39 Å². The van der Waals surface area contributed by atoms with Gasteiger partial charge in [0.15, 0.2) is 0 Å². The molecule has 0 aromatic heterocycles. The van der Waals surface area contributed by atoms with Crippen LogP contribution in [0.25, 0.3) is 0 Å².